The summed E-state index contributed by atoms with van der Waals surface area (Å²) in [6.45, 7) is 0.833. The smallest absolute Gasteiger partial charge is 0.373 e. The van der Waals surface area contributed by atoms with Gasteiger partial charge in [0.25, 0.3) is 0 Å². The third-order valence-electron chi connectivity index (χ3n) is 4.50. The lowest BCUT2D eigenvalue weighted by molar-refractivity contribution is 0.140. The SMILES string of the molecule is CO[Si](OC)(OC)c1ccc(CN[C@@H]2CCCC[C@H]2N)cc1. The lowest BCUT2D eigenvalue weighted by atomic mass is 9.91. The molecule has 3 N–H and O–H groups in total. The van der Waals surface area contributed by atoms with E-state index >= 15 is 0 Å². The molecule has 2 atom stereocenters. The van der Waals surface area contributed by atoms with Crippen LogP contribution in [0.3, 0.4) is 0 Å². The van der Waals surface area contributed by atoms with Crippen LogP contribution in [0.15, 0.2) is 24.3 Å². The van der Waals surface area contributed by atoms with Gasteiger partial charge in [-0.2, -0.15) is 0 Å². The lowest BCUT2D eigenvalue weighted by Gasteiger charge is -2.29. The van der Waals surface area contributed by atoms with Gasteiger partial charge in [-0.3, -0.25) is 0 Å². The summed E-state index contributed by atoms with van der Waals surface area (Å²) in [6.07, 6.45) is 4.83. The first-order chi connectivity index (χ1) is 10.6. The van der Waals surface area contributed by atoms with Gasteiger partial charge < -0.3 is 24.3 Å². The van der Waals surface area contributed by atoms with Gasteiger partial charge in [-0.1, -0.05) is 37.1 Å². The van der Waals surface area contributed by atoms with Crippen LogP contribution in [0.25, 0.3) is 0 Å². The monoisotopic (exact) mass is 324 g/mol. The van der Waals surface area contributed by atoms with Gasteiger partial charge in [0.2, 0.25) is 0 Å². The van der Waals surface area contributed by atoms with Gasteiger partial charge in [-0.05, 0) is 18.4 Å². The highest BCUT2D eigenvalue weighted by molar-refractivity contribution is 6.75. The molecule has 0 radical (unpaired) electrons. The van der Waals surface area contributed by atoms with Crippen molar-refractivity contribution in [3.63, 3.8) is 0 Å². The molecule has 1 fully saturated rings. The summed E-state index contributed by atoms with van der Waals surface area (Å²) in [5.74, 6) is 0. The fraction of sp³-hybridized carbons (Fsp3) is 0.625. The number of nitrogens with one attached hydrogen (secondary N) is 1. The molecule has 0 saturated heterocycles. The molecule has 1 saturated carbocycles. The van der Waals surface area contributed by atoms with Crippen molar-refractivity contribution in [3.05, 3.63) is 29.8 Å². The highest BCUT2D eigenvalue weighted by Crippen LogP contribution is 2.17. The van der Waals surface area contributed by atoms with E-state index < -0.39 is 8.80 Å². The summed E-state index contributed by atoms with van der Waals surface area (Å²) in [5.41, 5.74) is 7.40. The molecule has 124 valence electrons. The topological polar surface area (TPSA) is 65.7 Å². The molecule has 5 nitrogen and oxygen atoms in total. The second-order valence-corrected chi connectivity index (χ2v) is 8.72. The lowest BCUT2D eigenvalue weighted by Crippen LogP contribution is -2.54. The average molecular weight is 324 g/mol. The van der Waals surface area contributed by atoms with Crippen molar-refractivity contribution < 1.29 is 13.3 Å². The Morgan fingerprint density at radius 3 is 2.18 bits per heavy atom. The highest BCUT2D eigenvalue weighted by atomic mass is 28.4. The number of nitrogens with two attached hydrogens (primary N) is 1. The van der Waals surface area contributed by atoms with Crippen molar-refractivity contribution in [2.24, 2.45) is 5.73 Å². The second-order valence-electron chi connectivity index (χ2n) is 5.80. The minimum Gasteiger partial charge on any atom is -0.373 e. The van der Waals surface area contributed by atoms with E-state index in [2.05, 4.69) is 17.4 Å². The molecular formula is C16H28N2O3Si. The number of benzene rings is 1. The second kappa shape index (κ2) is 8.19. The molecule has 1 aliphatic carbocycles. The Morgan fingerprint density at radius 1 is 1.05 bits per heavy atom. The fourth-order valence-corrected chi connectivity index (χ4v) is 4.87. The molecule has 2 rings (SSSR count). The summed E-state index contributed by atoms with van der Waals surface area (Å²) in [4.78, 5) is 0. The van der Waals surface area contributed by atoms with Crippen LogP contribution in [0.4, 0.5) is 0 Å². The Kier molecular flexibility index (Phi) is 6.55. The van der Waals surface area contributed by atoms with Gasteiger partial charge in [-0.25, -0.2) is 0 Å². The zero-order chi connectivity index (χ0) is 16.0. The van der Waals surface area contributed by atoms with Crippen molar-refractivity contribution in [2.45, 2.75) is 44.3 Å². The van der Waals surface area contributed by atoms with Crippen LogP contribution in [-0.4, -0.2) is 42.2 Å². The van der Waals surface area contributed by atoms with Crippen molar-refractivity contribution >= 4 is 14.0 Å². The molecule has 0 amide bonds. The van der Waals surface area contributed by atoms with E-state index in [4.69, 9.17) is 19.0 Å². The molecule has 1 aromatic carbocycles. The predicted molar refractivity (Wildman–Crippen MR) is 89.9 cm³/mol. The molecular weight excluding hydrogens is 296 g/mol. The van der Waals surface area contributed by atoms with E-state index in [9.17, 15) is 0 Å². The summed E-state index contributed by atoms with van der Waals surface area (Å²) in [6, 6.07) is 8.95. The Morgan fingerprint density at radius 2 is 1.64 bits per heavy atom. The minimum atomic E-state index is -2.72. The van der Waals surface area contributed by atoms with Crippen molar-refractivity contribution in [2.75, 3.05) is 21.3 Å². The normalized spacial score (nSPS) is 22.7. The predicted octanol–water partition coefficient (Wildman–Crippen LogP) is 1.13. The van der Waals surface area contributed by atoms with Gasteiger partial charge in [-0.15, -0.1) is 0 Å². The molecule has 6 heteroatoms. The Bertz CT molecular complexity index is 443. The number of rotatable bonds is 7. The molecule has 0 bridgehead atoms. The van der Waals surface area contributed by atoms with E-state index in [1.54, 1.807) is 21.3 Å². The number of hydrogen-bond donors (Lipinski definition) is 2. The first-order valence-electron chi connectivity index (χ1n) is 7.89. The molecule has 1 aromatic rings. The maximum absolute atomic E-state index is 6.17. The first kappa shape index (κ1) is 17.6. The largest absolute Gasteiger partial charge is 0.536 e. The van der Waals surface area contributed by atoms with Gasteiger partial charge >= 0.3 is 8.80 Å². The van der Waals surface area contributed by atoms with Crippen LogP contribution >= 0.6 is 0 Å². The standard InChI is InChI=1S/C16H28N2O3Si/c1-19-22(20-2,21-3)14-10-8-13(9-11-14)12-18-16-7-5-4-6-15(16)17/h8-11,15-16,18H,4-7,12,17H2,1-3H3/t15-,16-/m1/s1. The maximum atomic E-state index is 6.17. The van der Waals surface area contributed by atoms with Crippen molar-refractivity contribution in [1.29, 1.82) is 0 Å². The zero-order valence-corrected chi connectivity index (χ0v) is 14.8. The van der Waals surface area contributed by atoms with Gasteiger partial charge in [0, 0.05) is 45.1 Å². The van der Waals surface area contributed by atoms with Crippen LogP contribution in [0, 0.1) is 0 Å². The van der Waals surface area contributed by atoms with Crippen LogP contribution in [0.2, 0.25) is 0 Å². The van der Waals surface area contributed by atoms with Crippen LogP contribution in [0.1, 0.15) is 31.2 Å². The minimum absolute atomic E-state index is 0.281. The summed E-state index contributed by atoms with van der Waals surface area (Å²) < 4.78 is 16.5. The molecule has 22 heavy (non-hydrogen) atoms. The van der Waals surface area contributed by atoms with E-state index in [1.807, 2.05) is 12.1 Å². The van der Waals surface area contributed by atoms with E-state index in [1.165, 1.54) is 24.8 Å². The molecule has 1 aliphatic rings. The van der Waals surface area contributed by atoms with Gasteiger partial charge in [0.1, 0.15) is 0 Å². The molecule has 0 aliphatic heterocycles. The van der Waals surface area contributed by atoms with Crippen LogP contribution < -0.4 is 16.2 Å². The maximum Gasteiger partial charge on any atom is 0.536 e. The summed E-state index contributed by atoms with van der Waals surface area (Å²) in [7, 11) is 2.15. The molecule has 0 spiro atoms. The van der Waals surface area contributed by atoms with Crippen LogP contribution in [0.5, 0.6) is 0 Å². The Hall–Kier alpha value is -0.763. The zero-order valence-electron chi connectivity index (χ0n) is 13.8. The average Bonchev–Trinajstić information content (AvgIpc) is 2.57. The number of hydrogen-bond acceptors (Lipinski definition) is 5. The summed E-state index contributed by atoms with van der Waals surface area (Å²) >= 11 is 0. The molecule has 0 aromatic heterocycles. The van der Waals surface area contributed by atoms with E-state index in [0.29, 0.717) is 6.04 Å². The third kappa shape index (κ3) is 3.95. The van der Waals surface area contributed by atoms with Crippen molar-refractivity contribution in [3.8, 4) is 0 Å². The highest BCUT2D eigenvalue weighted by Gasteiger charge is 2.40. The van der Waals surface area contributed by atoms with E-state index in [0.717, 1.165) is 18.2 Å². The molecule has 0 heterocycles. The quantitative estimate of drug-likeness (QED) is 0.736. The Balaban J connectivity index is 1.97. The fourth-order valence-electron chi connectivity index (χ4n) is 3.09. The third-order valence-corrected chi connectivity index (χ3v) is 7.15. The Labute approximate surface area is 134 Å². The van der Waals surface area contributed by atoms with E-state index in [-0.39, 0.29) is 6.04 Å². The van der Waals surface area contributed by atoms with Crippen molar-refractivity contribution in [1.82, 2.24) is 5.32 Å². The first-order valence-corrected chi connectivity index (χ1v) is 9.61. The summed E-state index contributed by atoms with van der Waals surface area (Å²) in [5, 5.41) is 4.55. The van der Waals surface area contributed by atoms with Gasteiger partial charge in [0.05, 0.1) is 0 Å². The van der Waals surface area contributed by atoms with Crippen LogP contribution in [-0.2, 0) is 19.8 Å². The van der Waals surface area contributed by atoms with Gasteiger partial charge in [0.15, 0.2) is 0 Å². The molecule has 0 unspecified atom stereocenters.